The Morgan fingerprint density at radius 2 is 1.83 bits per heavy atom. The van der Waals surface area contributed by atoms with Crippen LogP contribution in [0.3, 0.4) is 0 Å². The highest BCUT2D eigenvalue weighted by Gasteiger charge is 2.15. The fraction of sp³-hybridized carbons (Fsp3) is 0.538. The third-order valence-corrected chi connectivity index (χ3v) is 3.41. The lowest BCUT2D eigenvalue weighted by Gasteiger charge is -2.07. The molecule has 0 aliphatic carbocycles. The molecule has 2 aromatic heterocycles. The first-order valence-corrected chi connectivity index (χ1v) is 6.65. The van der Waals surface area contributed by atoms with Gasteiger partial charge in [0, 0.05) is 19.2 Å². The van der Waals surface area contributed by atoms with Gasteiger partial charge in [-0.05, 0) is 25.0 Å². The number of aryl methyl sites for hydroxylation is 1. The maximum atomic E-state index is 4.32. The van der Waals surface area contributed by atoms with Crippen LogP contribution in [-0.4, -0.2) is 25.0 Å². The van der Waals surface area contributed by atoms with E-state index in [0.717, 1.165) is 30.3 Å². The fourth-order valence-corrected chi connectivity index (χ4v) is 2.45. The summed E-state index contributed by atoms with van der Waals surface area (Å²) in [6.45, 7) is 0.994. The van der Waals surface area contributed by atoms with Gasteiger partial charge in [0.1, 0.15) is 11.5 Å². The van der Waals surface area contributed by atoms with Crippen molar-refractivity contribution in [3.63, 3.8) is 0 Å². The zero-order chi connectivity index (χ0) is 12.2. The maximum Gasteiger partial charge on any atom is 0.184 e. The van der Waals surface area contributed by atoms with Crippen molar-refractivity contribution in [2.45, 2.75) is 45.1 Å². The van der Waals surface area contributed by atoms with Crippen LogP contribution in [0, 0.1) is 0 Å². The van der Waals surface area contributed by atoms with Crippen molar-refractivity contribution in [1.82, 2.24) is 25.0 Å². The van der Waals surface area contributed by atoms with E-state index < -0.39 is 0 Å². The van der Waals surface area contributed by atoms with Gasteiger partial charge >= 0.3 is 0 Å². The lowest BCUT2D eigenvalue weighted by Crippen LogP contribution is -2.06. The second kappa shape index (κ2) is 5.25. The Balaban J connectivity index is 1.97. The van der Waals surface area contributed by atoms with Crippen LogP contribution < -0.4 is 0 Å². The van der Waals surface area contributed by atoms with Gasteiger partial charge in [0.2, 0.25) is 0 Å². The van der Waals surface area contributed by atoms with Crippen LogP contribution in [0.5, 0.6) is 0 Å². The highest BCUT2D eigenvalue weighted by atomic mass is 15.3. The molecule has 0 unspecified atom stereocenters. The largest absolute Gasteiger partial charge is 0.310 e. The summed E-state index contributed by atoms with van der Waals surface area (Å²) in [4.78, 5) is 0. The first-order valence-electron chi connectivity index (χ1n) is 6.65. The number of fused-ring (bicyclic) bond motifs is 1. The minimum atomic E-state index is 0.815. The molecule has 0 N–H and O–H groups in total. The lowest BCUT2D eigenvalue weighted by atomic mass is 10.1. The summed E-state index contributed by atoms with van der Waals surface area (Å²) in [6.07, 6.45) is 9.02. The third kappa shape index (κ3) is 2.25. The molecular weight excluding hydrogens is 226 g/mol. The van der Waals surface area contributed by atoms with Crippen molar-refractivity contribution in [3.8, 4) is 11.5 Å². The SMILES string of the molecule is c1cnnc(-c2nnc3n2CCCCCCC3)c1. The van der Waals surface area contributed by atoms with Crippen molar-refractivity contribution >= 4 is 0 Å². The molecule has 94 valence electrons. The maximum absolute atomic E-state index is 4.32. The van der Waals surface area contributed by atoms with Crippen LogP contribution in [0.15, 0.2) is 18.3 Å². The molecule has 5 heteroatoms. The van der Waals surface area contributed by atoms with Gasteiger partial charge in [-0.2, -0.15) is 5.10 Å². The van der Waals surface area contributed by atoms with Crippen LogP contribution in [0.25, 0.3) is 11.5 Å². The minimum Gasteiger partial charge on any atom is -0.310 e. The van der Waals surface area contributed by atoms with Gasteiger partial charge in [0.05, 0.1) is 0 Å². The first kappa shape index (κ1) is 11.3. The number of aromatic nitrogens is 5. The van der Waals surface area contributed by atoms with Gasteiger partial charge in [-0.3, -0.25) is 0 Å². The summed E-state index contributed by atoms with van der Waals surface area (Å²) in [5.41, 5.74) is 0.815. The average molecular weight is 243 g/mol. The van der Waals surface area contributed by atoms with Gasteiger partial charge in [-0.15, -0.1) is 15.3 Å². The lowest BCUT2D eigenvalue weighted by molar-refractivity contribution is 0.586. The predicted molar refractivity (Wildman–Crippen MR) is 67.8 cm³/mol. The third-order valence-electron chi connectivity index (χ3n) is 3.41. The van der Waals surface area contributed by atoms with Crippen molar-refractivity contribution in [3.05, 3.63) is 24.2 Å². The molecule has 0 atom stereocenters. The van der Waals surface area contributed by atoms with Crippen LogP contribution in [0.1, 0.15) is 37.9 Å². The molecule has 0 bridgehead atoms. The molecule has 0 spiro atoms. The molecular formula is C13H17N5. The molecule has 0 fully saturated rings. The standard InChI is InChI=1S/C13H17N5/c1-2-4-8-12-16-17-13(18(12)10-5-3-1)11-7-6-9-14-15-11/h6-7,9H,1-5,8,10H2. The quantitative estimate of drug-likeness (QED) is 0.770. The molecule has 18 heavy (non-hydrogen) atoms. The Bertz CT molecular complexity index is 505. The van der Waals surface area contributed by atoms with Gasteiger partial charge < -0.3 is 4.57 Å². The van der Waals surface area contributed by atoms with E-state index in [-0.39, 0.29) is 0 Å². The highest BCUT2D eigenvalue weighted by molar-refractivity contribution is 5.48. The summed E-state index contributed by atoms with van der Waals surface area (Å²) in [6, 6.07) is 3.83. The number of hydrogen-bond acceptors (Lipinski definition) is 4. The molecule has 3 heterocycles. The molecule has 1 aliphatic rings. The molecule has 3 rings (SSSR count). The van der Waals surface area contributed by atoms with E-state index in [0.29, 0.717) is 0 Å². The van der Waals surface area contributed by atoms with E-state index in [4.69, 9.17) is 0 Å². The Morgan fingerprint density at radius 3 is 2.72 bits per heavy atom. The van der Waals surface area contributed by atoms with Gasteiger partial charge in [0.15, 0.2) is 5.82 Å². The number of rotatable bonds is 1. The highest BCUT2D eigenvalue weighted by Crippen LogP contribution is 2.19. The van der Waals surface area contributed by atoms with E-state index in [1.54, 1.807) is 6.20 Å². The fourth-order valence-electron chi connectivity index (χ4n) is 2.45. The molecule has 5 nitrogen and oxygen atoms in total. The predicted octanol–water partition coefficient (Wildman–Crippen LogP) is 2.24. The van der Waals surface area contributed by atoms with E-state index >= 15 is 0 Å². The van der Waals surface area contributed by atoms with Gasteiger partial charge in [-0.25, -0.2) is 0 Å². The zero-order valence-electron chi connectivity index (χ0n) is 10.4. The Morgan fingerprint density at radius 1 is 0.944 bits per heavy atom. The molecule has 0 saturated heterocycles. The zero-order valence-corrected chi connectivity index (χ0v) is 10.4. The van der Waals surface area contributed by atoms with Crippen LogP contribution in [-0.2, 0) is 13.0 Å². The smallest absolute Gasteiger partial charge is 0.184 e. The second-order valence-electron chi connectivity index (χ2n) is 4.72. The van der Waals surface area contributed by atoms with E-state index in [2.05, 4.69) is 25.0 Å². The van der Waals surface area contributed by atoms with Crippen molar-refractivity contribution in [2.24, 2.45) is 0 Å². The Labute approximate surface area is 106 Å². The van der Waals surface area contributed by atoms with E-state index in [1.165, 1.54) is 32.1 Å². The molecule has 2 aromatic rings. The van der Waals surface area contributed by atoms with Gasteiger partial charge in [-0.1, -0.05) is 19.3 Å². The van der Waals surface area contributed by atoms with Crippen molar-refractivity contribution < 1.29 is 0 Å². The average Bonchev–Trinajstić information content (AvgIpc) is 2.84. The van der Waals surface area contributed by atoms with Crippen molar-refractivity contribution in [1.29, 1.82) is 0 Å². The van der Waals surface area contributed by atoms with E-state index in [1.807, 2.05) is 12.1 Å². The monoisotopic (exact) mass is 243 g/mol. The Kier molecular flexibility index (Phi) is 3.30. The summed E-state index contributed by atoms with van der Waals surface area (Å²) < 4.78 is 2.22. The normalized spacial score (nSPS) is 16.4. The number of hydrogen-bond donors (Lipinski definition) is 0. The first-order chi connectivity index (χ1) is 8.95. The minimum absolute atomic E-state index is 0.815. The summed E-state index contributed by atoms with van der Waals surface area (Å²) in [5.74, 6) is 1.96. The molecule has 0 amide bonds. The summed E-state index contributed by atoms with van der Waals surface area (Å²) >= 11 is 0. The second-order valence-corrected chi connectivity index (χ2v) is 4.72. The van der Waals surface area contributed by atoms with Crippen LogP contribution in [0.4, 0.5) is 0 Å². The van der Waals surface area contributed by atoms with E-state index in [9.17, 15) is 0 Å². The summed E-state index contributed by atoms with van der Waals surface area (Å²) in [7, 11) is 0. The molecule has 0 aromatic carbocycles. The Hall–Kier alpha value is -1.78. The molecule has 0 saturated carbocycles. The van der Waals surface area contributed by atoms with Crippen LogP contribution >= 0.6 is 0 Å². The number of nitrogens with zero attached hydrogens (tertiary/aromatic N) is 5. The van der Waals surface area contributed by atoms with Crippen molar-refractivity contribution in [2.75, 3.05) is 0 Å². The topological polar surface area (TPSA) is 56.5 Å². The van der Waals surface area contributed by atoms with Gasteiger partial charge in [0.25, 0.3) is 0 Å². The molecule has 1 aliphatic heterocycles. The van der Waals surface area contributed by atoms with Crippen LogP contribution in [0.2, 0.25) is 0 Å². The summed E-state index contributed by atoms with van der Waals surface area (Å²) in [5, 5.41) is 16.7. The molecule has 0 radical (unpaired) electrons.